The van der Waals surface area contributed by atoms with Gasteiger partial charge in [-0.1, -0.05) is 18.2 Å². The number of ether oxygens (including phenoxy) is 3. The third-order valence-electron chi connectivity index (χ3n) is 3.05. The van der Waals surface area contributed by atoms with Crippen molar-refractivity contribution in [2.24, 2.45) is 0 Å². The van der Waals surface area contributed by atoms with Gasteiger partial charge < -0.3 is 19.5 Å². The summed E-state index contributed by atoms with van der Waals surface area (Å²) in [5.74, 6) is 0.912. The van der Waals surface area contributed by atoms with Crippen molar-refractivity contribution in [1.29, 1.82) is 0 Å². The highest BCUT2D eigenvalue weighted by molar-refractivity contribution is 5.36. The SMILES string of the molecule is CCOCC(C)OCC(NC)c1ccccc1OCC. The molecule has 1 aromatic rings. The molecule has 0 aliphatic carbocycles. The summed E-state index contributed by atoms with van der Waals surface area (Å²) in [5, 5.41) is 3.28. The minimum atomic E-state index is 0.0880. The molecular formula is C16H27NO3. The van der Waals surface area contributed by atoms with Gasteiger partial charge in [0.2, 0.25) is 0 Å². The molecule has 4 heteroatoms. The van der Waals surface area contributed by atoms with E-state index in [9.17, 15) is 0 Å². The molecule has 0 saturated carbocycles. The highest BCUT2D eigenvalue weighted by atomic mass is 16.5. The second-order valence-corrected chi connectivity index (χ2v) is 4.62. The van der Waals surface area contributed by atoms with Gasteiger partial charge in [0.1, 0.15) is 5.75 Å². The van der Waals surface area contributed by atoms with E-state index in [1.165, 1.54) is 0 Å². The van der Waals surface area contributed by atoms with Crippen molar-refractivity contribution in [2.45, 2.75) is 32.9 Å². The average Bonchev–Trinajstić information content (AvgIpc) is 2.47. The lowest BCUT2D eigenvalue weighted by atomic mass is 10.1. The van der Waals surface area contributed by atoms with Gasteiger partial charge in [-0.15, -0.1) is 0 Å². The molecule has 0 amide bonds. The molecule has 20 heavy (non-hydrogen) atoms. The van der Waals surface area contributed by atoms with Gasteiger partial charge >= 0.3 is 0 Å². The fourth-order valence-corrected chi connectivity index (χ4v) is 1.98. The molecule has 4 nitrogen and oxygen atoms in total. The Morgan fingerprint density at radius 3 is 2.50 bits per heavy atom. The van der Waals surface area contributed by atoms with E-state index < -0.39 is 0 Å². The van der Waals surface area contributed by atoms with Crippen molar-refractivity contribution in [3.05, 3.63) is 29.8 Å². The van der Waals surface area contributed by atoms with Crippen molar-refractivity contribution >= 4 is 0 Å². The first-order valence-corrected chi connectivity index (χ1v) is 7.31. The van der Waals surface area contributed by atoms with E-state index in [2.05, 4.69) is 11.4 Å². The van der Waals surface area contributed by atoms with Gasteiger partial charge in [0.25, 0.3) is 0 Å². The van der Waals surface area contributed by atoms with Crippen molar-refractivity contribution in [3.8, 4) is 5.75 Å². The first-order chi connectivity index (χ1) is 9.72. The molecule has 0 bridgehead atoms. The largest absolute Gasteiger partial charge is 0.494 e. The van der Waals surface area contributed by atoms with Gasteiger partial charge in [-0.2, -0.15) is 0 Å². The number of benzene rings is 1. The van der Waals surface area contributed by atoms with Crippen molar-refractivity contribution in [1.82, 2.24) is 5.32 Å². The number of hydrogen-bond acceptors (Lipinski definition) is 4. The van der Waals surface area contributed by atoms with E-state index in [1.807, 2.05) is 46.0 Å². The summed E-state index contributed by atoms with van der Waals surface area (Å²) in [5.41, 5.74) is 1.13. The zero-order valence-corrected chi connectivity index (χ0v) is 13.0. The van der Waals surface area contributed by atoms with Crippen LogP contribution in [-0.2, 0) is 9.47 Å². The predicted octanol–water partition coefficient (Wildman–Crippen LogP) is 2.79. The maximum Gasteiger partial charge on any atom is 0.124 e. The molecule has 0 spiro atoms. The molecule has 2 atom stereocenters. The molecule has 114 valence electrons. The lowest BCUT2D eigenvalue weighted by Crippen LogP contribution is -2.26. The summed E-state index contributed by atoms with van der Waals surface area (Å²) in [6, 6.07) is 8.18. The Kier molecular flexibility index (Phi) is 8.26. The molecule has 0 saturated heterocycles. The van der Waals surface area contributed by atoms with E-state index in [-0.39, 0.29) is 12.1 Å². The molecule has 1 N–H and O–H groups in total. The van der Waals surface area contributed by atoms with Crippen LogP contribution in [0.15, 0.2) is 24.3 Å². The van der Waals surface area contributed by atoms with Gasteiger partial charge in [-0.25, -0.2) is 0 Å². The normalized spacial score (nSPS) is 14.0. The van der Waals surface area contributed by atoms with Crippen LogP contribution in [0.25, 0.3) is 0 Å². The number of para-hydroxylation sites is 1. The van der Waals surface area contributed by atoms with E-state index in [1.54, 1.807) is 0 Å². The standard InChI is InChI=1S/C16H27NO3/c1-5-18-11-13(3)20-12-15(17-4)14-9-7-8-10-16(14)19-6-2/h7-10,13,15,17H,5-6,11-12H2,1-4H3. The van der Waals surface area contributed by atoms with E-state index >= 15 is 0 Å². The average molecular weight is 281 g/mol. The van der Waals surface area contributed by atoms with Crippen molar-refractivity contribution in [3.63, 3.8) is 0 Å². The molecule has 0 heterocycles. The Balaban J connectivity index is 2.61. The second kappa shape index (κ2) is 9.75. The summed E-state index contributed by atoms with van der Waals surface area (Å²) in [6.45, 7) is 8.60. The molecule has 0 aliphatic heterocycles. The molecule has 2 unspecified atom stereocenters. The third-order valence-corrected chi connectivity index (χ3v) is 3.05. The van der Waals surface area contributed by atoms with Gasteiger partial charge in [-0.3, -0.25) is 0 Å². The van der Waals surface area contributed by atoms with Crippen LogP contribution in [0.2, 0.25) is 0 Å². The van der Waals surface area contributed by atoms with Crippen LogP contribution in [0.5, 0.6) is 5.75 Å². The summed E-state index contributed by atoms with van der Waals surface area (Å²) in [7, 11) is 1.93. The highest BCUT2D eigenvalue weighted by Gasteiger charge is 2.15. The topological polar surface area (TPSA) is 39.7 Å². The van der Waals surface area contributed by atoms with E-state index in [4.69, 9.17) is 14.2 Å². The monoisotopic (exact) mass is 281 g/mol. The van der Waals surface area contributed by atoms with E-state index in [0.717, 1.165) is 17.9 Å². The first-order valence-electron chi connectivity index (χ1n) is 7.31. The van der Waals surface area contributed by atoms with Crippen LogP contribution >= 0.6 is 0 Å². The fraction of sp³-hybridized carbons (Fsp3) is 0.625. The van der Waals surface area contributed by atoms with Gasteiger partial charge in [-0.05, 0) is 33.9 Å². The first kappa shape index (κ1) is 17.0. The maximum absolute atomic E-state index is 5.84. The third kappa shape index (κ3) is 5.49. The summed E-state index contributed by atoms with van der Waals surface area (Å²) in [4.78, 5) is 0. The van der Waals surface area contributed by atoms with Crippen LogP contribution in [0.1, 0.15) is 32.4 Å². The number of hydrogen-bond donors (Lipinski definition) is 1. The van der Waals surface area contributed by atoms with Crippen molar-refractivity contribution in [2.75, 3.05) is 33.5 Å². The van der Waals surface area contributed by atoms with Gasteiger partial charge in [0, 0.05) is 12.2 Å². The van der Waals surface area contributed by atoms with Crippen LogP contribution in [0, 0.1) is 0 Å². The minimum Gasteiger partial charge on any atom is -0.494 e. The molecule has 1 rings (SSSR count). The predicted molar refractivity (Wildman–Crippen MR) is 81.3 cm³/mol. The molecule has 0 aromatic heterocycles. The minimum absolute atomic E-state index is 0.0880. The fourth-order valence-electron chi connectivity index (χ4n) is 1.98. The Morgan fingerprint density at radius 1 is 1.10 bits per heavy atom. The van der Waals surface area contributed by atoms with Crippen LogP contribution in [0.4, 0.5) is 0 Å². The molecular weight excluding hydrogens is 254 g/mol. The lowest BCUT2D eigenvalue weighted by Gasteiger charge is -2.22. The Hall–Kier alpha value is -1.10. The van der Waals surface area contributed by atoms with Crippen molar-refractivity contribution < 1.29 is 14.2 Å². The quantitative estimate of drug-likeness (QED) is 0.716. The zero-order chi connectivity index (χ0) is 14.8. The Morgan fingerprint density at radius 2 is 1.85 bits per heavy atom. The van der Waals surface area contributed by atoms with Crippen LogP contribution in [0.3, 0.4) is 0 Å². The molecule has 0 radical (unpaired) electrons. The lowest BCUT2D eigenvalue weighted by molar-refractivity contribution is -0.0112. The summed E-state index contributed by atoms with van der Waals surface area (Å²) in [6.07, 6.45) is 0.0880. The van der Waals surface area contributed by atoms with Crippen LogP contribution in [-0.4, -0.2) is 39.6 Å². The van der Waals surface area contributed by atoms with E-state index in [0.29, 0.717) is 19.8 Å². The van der Waals surface area contributed by atoms with Crippen LogP contribution < -0.4 is 10.1 Å². The molecule has 1 aromatic carbocycles. The Labute approximate surface area is 122 Å². The number of nitrogens with one attached hydrogen (secondary N) is 1. The molecule has 0 aliphatic rings. The summed E-state index contributed by atoms with van der Waals surface area (Å²) < 4.78 is 16.9. The smallest absolute Gasteiger partial charge is 0.124 e. The van der Waals surface area contributed by atoms with Gasteiger partial charge in [0.15, 0.2) is 0 Å². The summed E-state index contributed by atoms with van der Waals surface area (Å²) >= 11 is 0. The zero-order valence-electron chi connectivity index (χ0n) is 13.0. The Bertz CT molecular complexity index is 370. The molecule has 0 fully saturated rings. The number of likely N-dealkylation sites (N-methyl/N-ethyl adjacent to an activating group) is 1. The number of rotatable bonds is 10. The maximum atomic E-state index is 5.84. The highest BCUT2D eigenvalue weighted by Crippen LogP contribution is 2.25. The van der Waals surface area contributed by atoms with Gasteiger partial charge in [0.05, 0.1) is 32.0 Å². The second-order valence-electron chi connectivity index (χ2n) is 4.62.